The van der Waals surface area contributed by atoms with Gasteiger partial charge in [0.2, 0.25) is 0 Å². The molecule has 1 aromatic carbocycles. The Kier molecular flexibility index (Phi) is 3.29. The first-order chi connectivity index (χ1) is 9.35. The van der Waals surface area contributed by atoms with E-state index in [1.165, 1.54) is 0 Å². The van der Waals surface area contributed by atoms with Gasteiger partial charge in [0.15, 0.2) is 0 Å². The Morgan fingerprint density at radius 2 is 2.00 bits per heavy atom. The first-order valence-electron chi connectivity index (χ1n) is 5.87. The van der Waals surface area contributed by atoms with E-state index < -0.39 is 0 Å². The van der Waals surface area contributed by atoms with Gasteiger partial charge in [0, 0.05) is 18.1 Å². The molecule has 0 saturated carbocycles. The predicted molar refractivity (Wildman–Crippen MR) is 72.2 cm³/mol. The normalized spacial score (nSPS) is 10.8. The molecular formula is C13H12ClN5. The SMILES string of the molecule is ClCc1cn(Cc2ccc(-n3ccnc3)cc2)nn1. The smallest absolute Gasteiger partial charge is 0.0991 e. The standard InChI is InChI=1S/C13H12ClN5/c14-7-12-9-19(17-16-12)8-11-1-3-13(4-2-11)18-6-5-15-10-18/h1-6,9-10H,7-8H2. The van der Waals surface area contributed by atoms with Crippen molar-refractivity contribution in [3.05, 3.63) is 60.4 Å². The van der Waals surface area contributed by atoms with Gasteiger partial charge in [0.25, 0.3) is 0 Å². The van der Waals surface area contributed by atoms with Crippen LogP contribution in [0.2, 0.25) is 0 Å². The third-order valence-corrected chi connectivity index (χ3v) is 3.08. The molecule has 96 valence electrons. The predicted octanol–water partition coefficient (Wildman–Crippen LogP) is 2.25. The lowest BCUT2D eigenvalue weighted by Crippen LogP contribution is -2.00. The van der Waals surface area contributed by atoms with Gasteiger partial charge in [-0.3, -0.25) is 0 Å². The average Bonchev–Trinajstić information content (AvgIpc) is 3.10. The number of imidazole rings is 1. The summed E-state index contributed by atoms with van der Waals surface area (Å²) in [5, 5.41) is 7.98. The summed E-state index contributed by atoms with van der Waals surface area (Å²) in [5.74, 6) is 0.388. The third-order valence-electron chi connectivity index (χ3n) is 2.81. The van der Waals surface area contributed by atoms with Crippen molar-refractivity contribution in [2.45, 2.75) is 12.4 Å². The van der Waals surface area contributed by atoms with E-state index >= 15 is 0 Å². The molecule has 0 aliphatic carbocycles. The zero-order valence-corrected chi connectivity index (χ0v) is 10.9. The highest BCUT2D eigenvalue weighted by molar-refractivity contribution is 6.16. The van der Waals surface area contributed by atoms with Crippen LogP contribution in [0, 0.1) is 0 Å². The Bertz CT molecular complexity index is 642. The molecule has 0 N–H and O–H groups in total. The molecule has 0 amide bonds. The molecule has 0 unspecified atom stereocenters. The van der Waals surface area contributed by atoms with Crippen molar-refractivity contribution in [1.29, 1.82) is 0 Å². The molecule has 0 spiro atoms. The summed E-state index contributed by atoms with van der Waals surface area (Å²) < 4.78 is 3.74. The second-order valence-corrected chi connectivity index (χ2v) is 4.44. The van der Waals surface area contributed by atoms with Gasteiger partial charge < -0.3 is 4.57 Å². The number of hydrogen-bond donors (Lipinski definition) is 0. The van der Waals surface area contributed by atoms with Crippen LogP contribution < -0.4 is 0 Å². The molecule has 0 fully saturated rings. The van der Waals surface area contributed by atoms with E-state index in [1.54, 1.807) is 17.2 Å². The minimum Gasteiger partial charge on any atom is -0.306 e. The lowest BCUT2D eigenvalue weighted by Gasteiger charge is -2.04. The van der Waals surface area contributed by atoms with Gasteiger partial charge in [-0.1, -0.05) is 17.3 Å². The maximum Gasteiger partial charge on any atom is 0.0991 e. The van der Waals surface area contributed by atoms with E-state index in [4.69, 9.17) is 11.6 Å². The molecule has 0 bridgehead atoms. The Morgan fingerprint density at radius 3 is 2.63 bits per heavy atom. The Morgan fingerprint density at radius 1 is 1.16 bits per heavy atom. The zero-order valence-electron chi connectivity index (χ0n) is 10.1. The van der Waals surface area contributed by atoms with E-state index in [-0.39, 0.29) is 0 Å². The topological polar surface area (TPSA) is 48.5 Å². The number of nitrogens with zero attached hydrogens (tertiary/aromatic N) is 5. The van der Waals surface area contributed by atoms with E-state index in [9.17, 15) is 0 Å². The van der Waals surface area contributed by atoms with Crippen LogP contribution in [-0.4, -0.2) is 24.5 Å². The van der Waals surface area contributed by atoms with Crippen LogP contribution in [0.1, 0.15) is 11.3 Å². The van der Waals surface area contributed by atoms with Crippen LogP contribution in [0.3, 0.4) is 0 Å². The molecule has 6 heteroatoms. The third kappa shape index (κ3) is 2.66. The van der Waals surface area contributed by atoms with Gasteiger partial charge in [-0.2, -0.15) is 0 Å². The summed E-state index contributed by atoms with van der Waals surface area (Å²) in [6.07, 6.45) is 7.31. The van der Waals surface area contributed by atoms with Crippen molar-refractivity contribution in [3.63, 3.8) is 0 Å². The molecule has 2 heterocycles. The maximum atomic E-state index is 5.70. The van der Waals surface area contributed by atoms with E-state index in [1.807, 2.05) is 17.0 Å². The number of alkyl halides is 1. The number of benzene rings is 1. The summed E-state index contributed by atoms with van der Waals surface area (Å²) in [5.41, 5.74) is 3.04. The van der Waals surface area contributed by atoms with Crippen LogP contribution in [0.4, 0.5) is 0 Å². The van der Waals surface area contributed by atoms with Crippen molar-refractivity contribution < 1.29 is 0 Å². The van der Waals surface area contributed by atoms with Gasteiger partial charge in [-0.15, -0.1) is 16.7 Å². The fourth-order valence-electron chi connectivity index (χ4n) is 1.85. The molecule has 3 rings (SSSR count). The number of rotatable bonds is 4. The highest BCUT2D eigenvalue weighted by Crippen LogP contribution is 2.10. The van der Waals surface area contributed by atoms with Crippen molar-refractivity contribution in [1.82, 2.24) is 24.5 Å². The highest BCUT2D eigenvalue weighted by Gasteiger charge is 2.01. The zero-order chi connectivity index (χ0) is 13.1. The molecule has 0 saturated heterocycles. The average molecular weight is 274 g/mol. The van der Waals surface area contributed by atoms with Gasteiger partial charge in [0.05, 0.1) is 30.6 Å². The molecular weight excluding hydrogens is 262 g/mol. The monoisotopic (exact) mass is 273 g/mol. The minimum absolute atomic E-state index is 0.388. The van der Waals surface area contributed by atoms with Crippen LogP contribution in [0.5, 0.6) is 0 Å². The molecule has 0 radical (unpaired) electrons. The van der Waals surface area contributed by atoms with E-state index in [2.05, 4.69) is 39.6 Å². The Balaban J connectivity index is 1.75. The maximum absolute atomic E-state index is 5.70. The Hall–Kier alpha value is -2.14. The molecule has 2 aromatic heterocycles. The van der Waals surface area contributed by atoms with Gasteiger partial charge in [-0.25, -0.2) is 9.67 Å². The molecule has 19 heavy (non-hydrogen) atoms. The fourth-order valence-corrected chi connectivity index (χ4v) is 1.97. The van der Waals surface area contributed by atoms with Crippen LogP contribution in [0.15, 0.2) is 49.2 Å². The van der Waals surface area contributed by atoms with Crippen LogP contribution in [0.25, 0.3) is 5.69 Å². The second-order valence-electron chi connectivity index (χ2n) is 4.18. The largest absolute Gasteiger partial charge is 0.306 e. The summed E-state index contributed by atoms with van der Waals surface area (Å²) in [7, 11) is 0. The number of halogens is 1. The summed E-state index contributed by atoms with van der Waals surface area (Å²) in [4.78, 5) is 4.03. The Labute approximate surface area is 115 Å². The van der Waals surface area contributed by atoms with Gasteiger partial charge >= 0.3 is 0 Å². The lowest BCUT2D eigenvalue weighted by atomic mass is 10.2. The van der Waals surface area contributed by atoms with Gasteiger partial charge in [0.1, 0.15) is 0 Å². The first-order valence-corrected chi connectivity index (χ1v) is 6.41. The molecule has 0 atom stereocenters. The summed E-state index contributed by atoms with van der Waals surface area (Å²) >= 11 is 5.70. The number of hydrogen-bond acceptors (Lipinski definition) is 3. The first kappa shape index (κ1) is 11.9. The molecule has 0 aliphatic heterocycles. The summed E-state index contributed by atoms with van der Waals surface area (Å²) in [6.45, 7) is 0.689. The van der Waals surface area contributed by atoms with Crippen molar-refractivity contribution in [2.75, 3.05) is 0 Å². The van der Waals surface area contributed by atoms with Crippen molar-refractivity contribution in [2.24, 2.45) is 0 Å². The number of aromatic nitrogens is 5. The summed E-state index contributed by atoms with van der Waals surface area (Å²) in [6, 6.07) is 8.24. The van der Waals surface area contributed by atoms with Crippen molar-refractivity contribution >= 4 is 11.6 Å². The molecule has 3 aromatic rings. The minimum atomic E-state index is 0.388. The lowest BCUT2D eigenvalue weighted by molar-refractivity contribution is 0.649. The fraction of sp³-hybridized carbons (Fsp3) is 0.154. The molecule has 5 nitrogen and oxygen atoms in total. The van der Waals surface area contributed by atoms with Crippen LogP contribution >= 0.6 is 11.6 Å². The van der Waals surface area contributed by atoms with Gasteiger partial charge in [-0.05, 0) is 17.7 Å². The second kappa shape index (κ2) is 5.24. The molecule has 0 aliphatic rings. The van der Waals surface area contributed by atoms with Crippen molar-refractivity contribution in [3.8, 4) is 5.69 Å². The van der Waals surface area contributed by atoms with E-state index in [0.717, 1.165) is 16.9 Å². The quantitative estimate of drug-likeness (QED) is 0.685. The van der Waals surface area contributed by atoms with Crippen LogP contribution in [-0.2, 0) is 12.4 Å². The highest BCUT2D eigenvalue weighted by atomic mass is 35.5. The van der Waals surface area contributed by atoms with E-state index in [0.29, 0.717) is 12.4 Å².